The first-order valence-electron chi connectivity index (χ1n) is 5.84. The van der Waals surface area contributed by atoms with Crippen LogP contribution in [0.25, 0.3) is 0 Å². The molecule has 2 unspecified atom stereocenters. The standard InChI is InChI=1S/C12H18N2O2S/c1-8-3-6-17-11(8)10(12(15)16)14-5-4-13-9(2)7-14/h3,6,9-10,13H,4-5,7H2,1-2H3,(H,15,16). The summed E-state index contributed by atoms with van der Waals surface area (Å²) in [5, 5.41) is 14.8. The number of carboxylic acid groups (broad SMARTS) is 1. The van der Waals surface area contributed by atoms with Gasteiger partial charge in [0, 0.05) is 30.6 Å². The Bertz CT molecular complexity index is 405. The maximum absolute atomic E-state index is 11.5. The Morgan fingerprint density at radius 1 is 1.71 bits per heavy atom. The van der Waals surface area contributed by atoms with Gasteiger partial charge in [-0.3, -0.25) is 9.69 Å². The van der Waals surface area contributed by atoms with Gasteiger partial charge >= 0.3 is 5.97 Å². The zero-order chi connectivity index (χ0) is 12.4. The summed E-state index contributed by atoms with van der Waals surface area (Å²) in [7, 11) is 0. The monoisotopic (exact) mass is 254 g/mol. The lowest BCUT2D eigenvalue weighted by Crippen LogP contribution is -2.51. The molecular weight excluding hydrogens is 236 g/mol. The number of thiophene rings is 1. The number of hydrogen-bond acceptors (Lipinski definition) is 4. The Labute approximate surface area is 105 Å². The Hall–Kier alpha value is -0.910. The summed E-state index contributed by atoms with van der Waals surface area (Å²) in [5.41, 5.74) is 1.08. The fourth-order valence-electron chi connectivity index (χ4n) is 2.30. The van der Waals surface area contributed by atoms with E-state index in [1.54, 1.807) is 0 Å². The number of piperazine rings is 1. The molecule has 1 aliphatic heterocycles. The number of nitrogens with one attached hydrogen (secondary N) is 1. The third-order valence-corrected chi connectivity index (χ3v) is 4.22. The van der Waals surface area contributed by atoms with Crippen molar-refractivity contribution in [1.82, 2.24) is 10.2 Å². The van der Waals surface area contributed by atoms with E-state index in [-0.39, 0.29) is 0 Å². The van der Waals surface area contributed by atoms with Crippen LogP contribution in [0.1, 0.15) is 23.4 Å². The van der Waals surface area contributed by atoms with E-state index in [9.17, 15) is 9.90 Å². The number of hydrogen-bond donors (Lipinski definition) is 2. The molecule has 4 nitrogen and oxygen atoms in total. The minimum Gasteiger partial charge on any atom is -0.480 e. The molecule has 2 N–H and O–H groups in total. The largest absolute Gasteiger partial charge is 0.480 e. The predicted molar refractivity (Wildman–Crippen MR) is 68.5 cm³/mol. The molecule has 1 aromatic heterocycles. The smallest absolute Gasteiger partial charge is 0.326 e. The molecule has 17 heavy (non-hydrogen) atoms. The first-order chi connectivity index (χ1) is 8.09. The Morgan fingerprint density at radius 2 is 2.47 bits per heavy atom. The van der Waals surface area contributed by atoms with Crippen LogP contribution in [0.4, 0.5) is 0 Å². The molecule has 2 rings (SSSR count). The van der Waals surface area contributed by atoms with Gasteiger partial charge in [0.05, 0.1) is 0 Å². The minimum absolute atomic E-state index is 0.353. The molecule has 1 saturated heterocycles. The highest BCUT2D eigenvalue weighted by Crippen LogP contribution is 2.29. The van der Waals surface area contributed by atoms with Crippen LogP contribution in [-0.2, 0) is 4.79 Å². The van der Waals surface area contributed by atoms with Gasteiger partial charge in [-0.2, -0.15) is 0 Å². The van der Waals surface area contributed by atoms with Crippen molar-refractivity contribution in [2.45, 2.75) is 25.9 Å². The zero-order valence-electron chi connectivity index (χ0n) is 10.1. The highest BCUT2D eigenvalue weighted by atomic mass is 32.1. The number of carbonyl (C=O) groups is 1. The first kappa shape index (κ1) is 12.5. The van der Waals surface area contributed by atoms with Crippen LogP contribution in [0.2, 0.25) is 0 Å². The Morgan fingerprint density at radius 3 is 3.00 bits per heavy atom. The molecular formula is C12H18N2O2S. The van der Waals surface area contributed by atoms with Gasteiger partial charge in [0.1, 0.15) is 6.04 Å². The second-order valence-corrected chi connectivity index (χ2v) is 5.51. The fourth-order valence-corrected chi connectivity index (χ4v) is 3.35. The molecule has 0 aromatic carbocycles. The Kier molecular flexibility index (Phi) is 3.81. The molecule has 1 fully saturated rings. The Balaban J connectivity index is 2.23. The van der Waals surface area contributed by atoms with E-state index in [2.05, 4.69) is 17.1 Å². The molecule has 5 heteroatoms. The molecule has 0 spiro atoms. The lowest BCUT2D eigenvalue weighted by atomic mass is 10.1. The summed E-state index contributed by atoms with van der Waals surface area (Å²) in [6.07, 6.45) is 0. The van der Waals surface area contributed by atoms with Crippen molar-refractivity contribution in [3.63, 3.8) is 0 Å². The number of aliphatic carboxylic acids is 1. The van der Waals surface area contributed by atoms with Gasteiger partial charge in [-0.15, -0.1) is 11.3 Å². The molecule has 0 aliphatic carbocycles. The molecule has 2 atom stereocenters. The summed E-state index contributed by atoms with van der Waals surface area (Å²) in [4.78, 5) is 14.5. The van der Waals surface area contributed by atoms with Crippen molar-refractivity contribution >= 4 is 17.3 Å². The van der Waals surface area contributed by atoms with Crippen LogP contribution in [0, 0.1) is 6.92 Å². The van der Waals surface area contributed by atoms with Crippen molar-refractivity contribution < 1.29 is 9.90 Å². The maximum atomic E-state index is 11.5. The van der Waals surface area contributed by atoms with E-state index in [0.717, 1.165) is 30.1 Å². The van der Waals surface area contributed by atoms with Crippen LogP contribution >= 0.6 is 11.3 Å². The third-order valence-electron chi connectivity index (χ3n) is 3.15. The van der Waals surface area contributed by atoms with Crippen LogP contribution in [0.15, 0.2) is 11.4 Å². The number of aryl methyl sites for hydroxylation is 1. The molecule has 0 bridgehead atoms. The second kappa shape index (κ2) is 5.16. The molecule has 1 aromatic rings. The lowest BCUT2D eigenvalue weighted by Gasteiger charge is -2.35. The van der Waals surface area contributed by atoms with Crippen LogP contribution in [-0.4, -0.2) is 41.7 Å². The van der Waals surface area contributed by atoms with E-state index < -0.39 is 12.0 Å². The second-order valence-electron chi connectivity index (χ2n) is 4.56. The van der Waals surface area contributed by atoms with Gasteiger partial charge in [0.15, 0.2) is 0 Å². The van der Waals surface area contributed by atoms with Gasteiger partial charge in [-0.1, -0.05) is 0 Å². The minimum atomic E-state index is -0.746. The van der Waals surface area contributed by atoms with Crippen molar-refractivity contribution in [3.05, 3.63) is 21.9 Å². The van der Waals surface area contributed by atoms with Gasteiger partial charge in [0.25, 0.3) is 0 Å². The highest BCUT2D eigenvalue weighted by molar-refractivity contribution is 7.10. The molecule has 0 amide bonds. The van der Waals surface area contributed by atoms with E-state index in [1.165, 1.54) is 11.3 Å². The number of rotatable bonds is 3. The molecule has 0 radical (unpaired) electrons. The number of nitrogens with zero attached hydrogens (tertiary/aromatic N) is 1. The number of carboxylic acids is 1. The highest BCUT2D eigenvalue weighted by Gasteiger charge is 2.31. The van der Waals surface area contributed by atoms with Gasteiger partial charge in [0.2, 0.25) is 0 Å². The quantitative estimate of drug-likeness (QED) is 0.858. The average molecular weight is 254 g/mol. The van der Waals surface area contributed by atoms with Gasteiger partial charge in [-0.25, -0.2) is 0 Å². The van der Waals surface area contributed by atoms with E-state index in [0.29, 0.717) is 6.04 Å². The predicted octanol–water partition coefficient (Wildman–Crippen LogP) is 1.48. The van der Waals surface area contributed by atoms with E-state index >= 15 is 0 Å². The summed E-state index contributed by atoms with van der Waals surface area (Å²) < 4.78 is 0. The first-order valence-corrected chi connectivity index (χ1v) is 6.72. The molecule has 1 aliphatic rings. The van der Waals surface area contributed by atoms with Crippen molar-refractivity contribution in [3.8, 4) is 0 Å². The summed E-state index contributed by atoms with van der Waals surface area (Å²) >= 11 is 1.54. The molecule has 2 heterocycles. The van der Waals surface area contributed by atoms with Crippen LogP contribution < -0.4 is 5.32 Å². The van der Waals surface area contributed by atoms with Crippen LogP contribution in [0.5, 0.6) is 0 Å². The summed E-state index contributed by atoms with van der Waals surface area (Å²) in [6, 6.07) is 1.85. The van der Waals surface area contributed by atoms with Gasteiger partial charge in [-0.05, 0) is 30.9 Å². The van der Waals surface area contributed by atoms with Crippen molar-refractivity contribution in [2.24, 2.45) is 0 Å². The maximum Gasteiger partial charge on any atom is 0.326 e. The average Bonchev–Trinajstić information content (AvgIpc) is 2.65. The topological polar surface area (TPSA) is 52.6 Å². The summed E-state index contributed by atoms with van der Waals surface area (Å²) in [5.74, 6) is -0.746. The summed E-state index contributed by atoms with van der Waals surface area (Å²) in [6.45, 7) is 6.50. The fraction of sp³-hybridized carbons (Fsp3) is 0.583. The SMILES string of the molecule is Cc1ccsc1C(C(=O)O)N1CCNC(C)C1. The molecule has 94 valence electrons. The lowest BCUT2D eigenvalue weighted by molar-refractivity contribution is -0.144. The van der Waals surface area contributed by atoms with E-state index in [4.69, 9.17) is 0 Å². The zero-order valence-corrected chi connectivity index (χ0v) is 11.0. The van der Waals surface area contributed by atoms with Gasteiger partial charge < -0.3 is 10.4 Å². The normalized spacial score (nSPS) is 23.5. The molecule has 0 saturated carbocycles. The van der Waals surface area contributed by atoms with E-state index in [1.807, 2.05) is 18.4 Å². The van der Waals surface area contributed by atoms with Crippen molar-refractivity contribution in [2.75, 3.05) is 19.6 Å². The van der Waals surface area contributed by atoms with Crippen molar-refractivity contribution in [1.29, 1.82) is 0 Å². The van der Waals surface area contributed by atoms with Crippen LogP contribution in [0.3, 0.4) is 0 Å². The third kappa shape index (κ3) is 2.68.